The van der Waals surface area contributed by atoms with Gasteiger partial charge in [-0.1, -0.05) is 30.3 Å². The lowest BCUT2D eigenvalue weighted by Crippen LogP contribution is -2.19. The van der Waals surface area contributed by atoms with Crippen molar-refractivity contribution >= 4 is 16.6 Å². The number of aromatic amines is 1. The van der Waals surface area contributed by atoms with E-state index in [1.165, 1.54) is 16.7 Å². The normalized spacial score (nSPS) is 10.9. The summed E-state index contributed by atoms with van der Waals surface area (Å²) >= 11 is 0. The van der Waals surface area contributed by atoms with Crippen molar-refractivity contribution in [2.45, 2.75) is 6.54 Å². The third-order valence-corrected chi connectivity index (χ3v) is 4.29. The van der Waals surface area contributed by atoms with Crippen LogP contribution in [0.4, 0.5) is 5.69 Å². The second-order valence-electron chi connectivity index (χ2n) is 5.94. The summed E-state index contributed by atoms with van der Waals surface area (Å²) in [5.74, 6) is 0. The van der Waals surface area contributed by atoms with Gasteiger partial charge in [-0.3, -0.25) is 20.0 Å². The molecule has 0 fully saturated rings. The number of nitrogens with one attached hydrogen (secondary N) is 1. The van der Waals surface area contributed by atoms with Crippen molar-refractivity contribution in [3.63, 3.8) is 0 Å². The minimum atomic E-state index is -0.434. The zero-order valence-corrected chi connectivity index (χ0v) is 13.6. The third-order valence-electron chi connectivity index (χ3n) is 4.29. The van der Waals surface area contributed by atoms with E-state index in [1.807, 2.05) is 18.2 Å². The van der Waals surface area contributed by atoms with Crippen LogP contribution in [-0.4, -0.2) is 19.7 Å². The molecule has 2 aromatic heterocycles. The van der Waals surface area contributed by atoms with E-state index in [0.717, 1.165) is 22.0 Å². The van der Waals surface area contributed by atoms with Crippen molar-refractivity contribution < 1.29 is 4.92 Å². The van der Waals surface area contributed by atoms with Crippen molar-refractivity contribution in [3.05, 3.63) is 93.0 Å². The fraction of sp³-hybridized carbons (Fsp3) is 0.0526. The number of nitro benzene ring substituents is 1. The van der Waals surface area contributed by atoms with E-state index in [4.69, 9.17) is 0 Å². The van der Waals surface area contributed by atoms with Crippen LogP contribution in [0, 0.1) is 10.1 Å². The monoisotopic (exact) mass is 346 g/mol. The summed E-state index contributed by atoms with van der Waals surface area (Å²) in [7, 11) is 0. The van der Waals surface area contributed by atoms with Crippen LogP contribution in [0.5, 0.6) is 0 Å². The molecule has 4 rings (SSSR count). The van der Waals surface area contributed by atoms with Gasteiger partial charge in [0.1, 0.15) is 0 Å². The first kappa shape index (κ1) is 15.8. The van der Waals surface area contributed by atoms with Gasteiger partial charge in [-0.05, 0) is 23.3 Å². The molecule has 0 amide bonds. The van der Waals surface area contributed by atoms with Crippen LogP contribution in [0.25, 0.3) is 22.0 Å². The number of nitro groups is 1. The Morgan fingerprint density at radius 3 is 2.73 bits per heavy atom. The first-order valence-electron chi connectivity index (χ1n) is 7.98. The van der Waals surface area contributed by atoms with Crippen molar-refractivity contribution in [2.75, 3.05) is 0 Å². The molecule has 7 heteroatoms. The maximum absolute atomic E-state index is 12.2. The fourth-order valence-electron chi connectivity index (χ4n) is 2.95. The Kier molecular flexibility index (Phi) is 3.81. The Morgan fingerprint density at radius 2 is 1.88 bits per heavy atom. The van der Waals surface area contributed by atoms with Gasteiger partial charge in [-0.15, -0.1) is 0 Å². The lowest BCUT2D eigenvalue weighted by atomic mass is 10.1. The summed E-state index contributed by atoms with van der Waals surface area (Å²) in [6.45, 7) is 0.135. The highest BCUT2D eigenvalue weighted by atomic mass is 16.6. The average Bonchev–Trinajstić information content (AvgIpc) is 3.11. The van der Waals surface area contributed by atoms with Crippen molar-refractivity contribution in [1.82, 2.24) is 14.8 Å². The number of aromatic nitrogens is 3. The highest BCUT2D eigenvalue weighted by molar-refractivity contribution is 5.83. The summed E-state index contributed by atoms with van der Waals surface area (Å²) in [6, 6.07) is 15.5. The van der Waals surface area contributed by atoms with E-state index in [2.05, 4.69) is 10.2 Å². The van der Waals surface area contributed by atoms with E-state index >= 15 is 0 Å². The predicted octanol–water partition coefficient (Wildman–Crippen LogP) is 3.35. The van der Waals surface area contributed by atoms with Gasteiger partial charge in [-0.2, -0.15) is 5.10 Å². The van der Waals surface area contributed by atoms with E-state index in [1.54, 1.807) is 36.7 Å². The van der Waals surface area contributed by atoms with Crippen LogP contribution in [0.1, 0.15) is 5.56 Å². The molecule has 26 heavy (non-hydrogen) atoms. The Morgan fingerprint density at radius 1 is 1.08 bits per heavy atom. The lowest BCUT2D eigenvalue weighted by molar-refractivity contribution is -0.385. The van der Waals surface area contributed by atoms with Gasteiger partial charge in [0.25, 0.3) is 11.2 Å². The minimum absolute atomic E-state index is 0.00341. The van der Waals surface area contributed by atoms with Gasteiger partial charge in [0.15, 0.2) is 0 Å². The summed E-state index contributed by atoms with van der Waals surface area (Å²) in [4.78, 5) is 23.0. The Balaban J connectivity index is 1.75. The summed E-state index contributed by atoms with van der Waals surface area (Å²) < 4.78 is 1.48. The molecule has 0 saturated carbocycles. The van der Waals surface area contributed by atoms with Gasteiger partial charge in [0.2, 0.25) is 0 Å². The first-order chi connectivity index (χ1) is 12.6. The first-order valence-corrected chi connectivity index (χ1v) is 7.98. The molecule has 4 aromatic rings. The lowest BCUT2D eigenvalue weighted by Gasteiger charge is -2.09. The molecule has 0 atom stereocenters. The van der Waals surface area contributed by atoms with Crippen molar-refractivity contribution in [1.29, 1.82) is 0 Å². The molecule has 0 unspecified atom stereocenters. The van der Waals surface area contributed by atoms with Gasteiger partial charge in [0.05, 0.1) is 23.2 Å². The molecule has 0 saturated heterocycles. The number of fused-ring (bicyclic) bond motifs is 1. The van der Waals surface area contributed by atoms with Crippen LogP contribution in [0.3, 0.4) is 0 Å². The number of para-hydroxylation sites is 1. The largest absolute Gasteiger partial charge is 0.310 e. The second kappa shape index (κ2) is 6.29. The number of nitrogens with zero attached hydrogens (tertiary/aromatic N) is 3. The molecular weight excluding hydrogens is 332 g/mol. The fourth-order valence-corrected chi connectivity index (χ4v) is 2.95. The number of benzene rings is 2. The van der Waals surface area contributed by atoms with Crippen LogP contribution in [0.15, 0.2) is 71.8 Å². The van der Waals surface area contributed by atoms with Crippen molar-refractivity contribution in [2.24, 2.45) is 0 Å². The standard InChI is InChI=1S/C19H14N4O3/c24-19-8-7-15(13-5-6-14-10-20-21-17(14)9-13)11-22(19)12-16-3-1-2-4-18(16)23(25)26/h1-11H,12H2,(H,20,21). The minimum Gasteiger partial charge on any atom is -0.310 e. The van der Waals surface area contributed by atoms with Crippen LogP contribution < -0.4 is 5.56 Å². The van der Waals surface area contributed by atoms with Crippen LogP contribution >= 0.6 is 0 Å². The zero-order valence-electron chi connectivity index (χ0n) is 13.6. The maximum atomic E-state index is 12.2. The number of hydrogen-bond donors (Lipinski definition) is 1. The number of pyridine rings is 1. The Hall–Kier alpha value is -3.74. The van der Waals surface area contributed by atoms with Gasteiger partial charge < -0.3 is 4.57 Å². The van der Waals surface area contributed by atoms with E-state index < -0.39 is 4.92 Å². The second-order valence-corrected chi connectivity index (χ2v) is 5.94. The molecular formula is C19H14N4O3. The van der Waals surface area contributed by atoms with Gasteiger partial charge in [-0.25, -0.2) is 0 Å². The van der Waals surface area contributed by atoms with Crippen LogP contribution in [-0.2, 0) is 6.54 Å². The molecule has 128 valence electrons. The SMILES string of the molecule is O=c1ccc(-c2ccc3cn[nH]c3c2)cn1Cc1ccccc1[N+](=O)[O-]. The molecule has 0 bridgehead atoms. The Bertz CT molecular complexity index is 1180. The molecule has 2 heterocycles. The van der Waals surface area contributed by atoms with E-state index in [-0.39, 0.29) is 17.8 Å². The zero-order chi connectivity index (χ0) is 18.1. The molecule has 0 aliphatic carbocycles. The molecule has 0 radical (unpaired) electrons. The molecule has 0 spiro atoms. The van der Waals surface area contributed by atoms with Gasteiger partial charge in [0, 0.05) is 29.3 Å². The number of rotatable bonds is 4. The maximum Gasteiger partial charge on any atom is 0.274 e. The van der Waals surface area contributed by atoms with Gasteiger partial charge >= 0.3 is 0 Å². The third kappa shape index (κ3) is 2.86. The topological polar surface area (TPSA) is 93.8 Å². The Labute approximate surface area is 147 Å². The molecule has 1 N–H and O–H groups in total. The quantitative estimate of drug-likeness (QED) is 0.453. The molecule has 0 aliphatic heterocycles. The summed E-state index contributed by atoms with van der Waals surface area (Å²) in [5.41, 5.74) is 2.95. The van der Waals surface area contributed by atoms with Crippen LogP contribution in [0.2, 0.25) is 0 Å². The highest BCUT2D eigenvalue weighted by Gasteiger charge is 2.13. The number of hydrogen-bond acceptors (Lipinski definition) is 4. The summed E-state index contributed by atoms with van der Waals surface area (Å²) in [5, 5.41) is 19.1. The molecule has 7 nitrogen and oxygen atoms in total. The molecule has 2 aromatic carbocycles. The molecule has 0 aliphatic rings. The van der Waals surface area contributed by atoms with Crippen molar-refractivity contribution in [3.8, 4) is 11.1 Å². The average molecular weight is 346 g/mol. The smallest absolute Gasteiger partial charge is 0.274 e. The highest BCUT2D eigenvalue weighted by Crippen LogP contribution is 2.23. The number of H-pyrrole nitrogens is 1. The predicted molar refractivity (Wildman–Crippen MR) is 98.0 cm³/mol. The van der Waals surface area contributed by atoms with E-state index in [0.29, 0.717) is 5.56 Å². The summed E-state index contributed by atoms with van der Waals surface area (Å²) in [6.07, 6.45) is 3.46. The van der Waals surface area contributed by atoms with E-state index in [9.17, 15) is 14.9 Å².